The van der Waals surface area contributed by atoms with E-state index in [2.05, 4.69) is 20.8 Å². The Kier molecular flexibility index (Phi) is 4.90. The first kappa shape index (κ1) is 16.5. The van der Waals surface area contributed by atoms with Gasteiger partial charge in [-0.2, -0.15) is 11.8 Å². The smallest absolute Gasteiger partial charge is 0.330 e. The molecule has 0 spiro atoms. The topological polar surface area (TPSA) is 63.7 Å². The first-order chi connectivity index (χ1) is 10.3. The molecule has 118 valence electrons. The highest BCUT2D eigenvalue weighted by Gasteiger charge is 2.38. The summed E-state index contributed by atoms with van der Waals surface area (Å²) >= 11 is 1.75. The minimum absolute atomic E-state index is 0.145. The van der Waals surface area contributed by atoms with E-state index in [0.717, 1.165) is 5.75 Å². The van der Waals surface area contributed by atoms with Gasteiger partial charge in [-0.05, 0) is 24.3 Å². The molecular weight excluding hydrogens is 302 g/mol. The first-order valence-electron chi connectivity index (χ1n) is 7.12. The molecule has 0 unspecified atom stereocenters. The zero-order valence-corrected chi connectivity index (χ0v) is 13.7. The maximum Gasteiger partial charge on any atom is 0.333 e. The van der Waals surface area contributed by atoms with Gasteiger partial charge in [-0.25, -0.2) is 4.79 Å². The van der Waals surface area contributed by atoms with Crippen LogP contribution in [0.15, 0.2) is 24.3 Å². The Morgan fingerprint density at radius 3 is 2.18 bits per heavy atom. The molecule has 1 aliphatic rings. The standard InChI is InChI=1S/C16H19NO4S/c1-16(2,3)22-10-6-9-13(18)21-17-14(19)11-7-4-5-8-12(11)15(17)20/h4-5,7-8H,6,9-10H2,1-3H3. The van der Waals surface area contributed by atoms with Crippen LogP contribution in [-0.4, -0.2) is 33.3 Å². The minimum Gasteiger partial charge on any atom is -0.330 e. The second kappa shape index (κ2) is 6.52. The number of benzene rings is 1. The number of carbonyl (C=O) groups excluding carboxylic acids is 3. The average Bonchev–Trinajstić information content (AvgIpc) is 2.68. The summed E-state index contributed by atoms with van der Waals surface area (Å²) < 4.78 is 0.145. The number of hydrogen-bond acceptors (Lipinski definition) is 5. The van der Waals surface area contributed by atoms with Crippen molar-refractivity contribution in [3.05, 3.63) is 35.4 Å². The molecule has 0 aliphatic carbocycles. The summed E-state index contributed by atoms with van der Waals surface area (Å²) in [6.45, 7) is 6.32. The zero-order chi connectivity index (χ0) is 16.3. The molecule has 0 bridgehead atoms. The van der Waals surface area contributed by atoms with Crippen LogP contribution in [0.2, 0.25) is 0 Å². The molecule has 0 radical (unpaired) electrons. The van der Waals surface area contributed by atoms with E-state index in [9.17, 15) is 14.4 Å². The molecule has 1 aliphatic heterocycles. The van der Waals surface area contributed by atoms with E-state index >= 15 is 0 Å². The number of hydrogen-bond donors (Lipinski definition) is 0. The third-order valence-corrected chi connectivity index (χ3v) is 4.37. The van der Waals surface area contributed by atoms with E-state index in [1.165, 1.54) is 0 Å². The van der Waals surface area contributed by atoms with Crippen molar-refractivity contribution in [1.82, 2.24) is 5.06 Å². The summed E-state index contributed by atoms with van der Waals surface area (Å²) in [6.07, 6.45) is 0.820. The van der Waals surface area contributed by atoms with Crippen LogP contribution in [0.5, 0.6) is 0 Å². The van der Waals surface area contributed by atoms with Gasteiger partial charge in [0.2, 0.25) is 0 Å². The summed E-state index contributed by atoms with van der Waals surface area (Å²) in [6, 6.07) is 6.42. The Labute approximate surface area is 134 Å². The summed E-state index contributed by atoms with van der Waals surface area (Å²) in [5.74, 6) is -0.916. The van der Waals surface area contributed by atoms with E-state index in [-0.39, 0.29) is 22.3 Å². The van der Waals surface area contributed by atoms with Gasteiger partial charge >= 0.3 is 5.97 Å². The molecule has 22 heavy (non-hydrogen) atoms. The molecule has 5 nitrogen and oxygen atoms in total. The van der Waals surface area contributed by atoms with Crippen molar-refractivity contribution >= 4 is 29.5 Å². The lowest BCUT2D eigenvalue weighted by molar-refractivity contribution is -0.168. The monoisotopic (exact) mass is 321 g/mol. The molecule has 0 saturated heterocycles. The highest BCUT2D eigenvalue weighted by Crippen LogP contribution is 2.25. The molecule has 0 aromatic heterocycles. The van der Waals surface area contributed by atoms with Gasteiger partial charge in [0, 0.05) is 11.2 Å². The second-order valence-corrected chi connectivity index (χ2v) is 7.90. The number of imide groups is 1. The lowest BCUT2D eigenvalue weighted by Gasteiger charge is -2.17. The van der Waals surface area contributed by atoms with Crippen LogP contribution in [0.25, 0.3) is 0 Å². The third-order valence-electron chi connectivity index (χ3n) is 3.01. The van der Waals surface area contributed by atoms with Crippen LogP contribution in [-0.2, 0) is 9.63 Å². The molecular formula is C16H19NO4S. The van der Waals surface area contributed by atoms with E-state index < -0.39 is 17.8 Å². The average molecular weight is 321 g/mol. The van der Waals surface area contributed by atoms with E-state index in [1.54, 1.807) is 36.0 Å². The predicted octanol–water partition coefficient (Wildman–Crippen LogP) is 3.05. The maximum atomic E-state index is 12.0. The molecule has 2 amide bonds. The Morgan fingerprint density at radius 2 is 1.68 bits per heavy atom. The van der Waals surface area contributed by atoms with Crippen molar-refractivity contribution in [1.29, 1.82) is 0 Å². The van der Waals surface area contributed by atoms with Crippen LogP contribution in [0.4, 0.5) is 0 Å². The Balaban J connectivity index is 1.86. The van der Waals surface area contributed by atoms with Gasteiger partial charge in [0.1, 0.15) is 0 Å². The van der Waals surface area contributed by atoms with Crippen molar-refractivity contribution in [2.75, 3.05) is 5.75 Å². The van der Waals surface area contributed by atoms with Crippen LogP contribution < -0.4 is 0 Å². The largest absolute Gasteiger partial charge is 0.333 e. The van der Waals surface area contributed by atoms with Crippen molar-refractivity contribution in [3.8, 4) is 0 Å². The zero-order valence-electron chi connectivity index (χ0n) is 12.9. The van der Waals surface area contributed by atoms with Gasteiger partial charge in [-0.15, -0.1) is 0 Å². The van der Waals surface area contributed by atoms with Gasteiger partial charge in [-0.3, -0.25) is 9.59 Å². The Hall–Kier alpha value is -1.82. The highest BCUT2D eigenvalue weighted by molar-refractivity contribution is 8.00. The molecule has 6 heteroatoms. The molecule has 0 fully saturated rings. The van der Waals surface area contributed by atoms with E-state index in [4.69, 9.17) is 4.84 Å². The SMILES string of the molecule is CC(C)(C)SCCCC(=O)ON1C(=O)c2ccccc2C1=O. The number of thioether (sulfide) groups is 1. The Morgan fingerprint density at radius 1 is 1.14 bits per heavy atom. The summed E-state index contributed by atoms with van der Waals surface area (Å²) in [5, 5.41) is 0.559. The molecule has 1 aromatic rings. The number of nitrogens with zero attached hydrogens (tertiary/aromatic N) is 1. The fourth-order valence-corrected chi connectivity index (χ4v) is 2.89. The second-order valence-electron chi connectivity index (χ2n) is 5.98. The van der Waals surface area contributed by atoms with Gasteiger partial charge < -0.3 is 4.84 Å². The van der Waals surface area contributed by atoms with Gasteiger partial charge in [-0.1, -0.05) is 38.0 Å². The highest BCUT2D eigenvalue weighted by atomic mass is 32.2. The summed E-state index contributed by atoms with van der Waals surface area (Å²) in [4.78, 5) is 40.8. The van der Waals surface area contributed by atoms with Crippen LogP contribution >= 0.6 is 11.8 Å². The molecule has 2 rings (SSSR count). The third kappa shape index (κ3) is 3.88. The Bertz CT molecular complexity index is 571. The molecule has 0 atom stereocenters. The van der Waals surface area contributed by atoms with Gasteiger partial charge in [0.05, 0.1) is 11.1 Å². The molecule has 1 aromatic carbocycles. The van der Waals surface area contributed by atoms with Crippen molar-refractivity contribution in [3.63, 3.8) is 0 Å². The van der Waals surface area contributed by atoms with Crippen LogP contribution in [0, 0.1) is 0 Å². The number of hydroxylamine groups is 2. The van der Waals surface area contributed by atoms with Crippen LogP contribution in [0.3, 0.4) is 0 Å². The quantitative estimate of drug-likeness (QED) is 0.616. The molecule has 0 saturated carbocycles. The first-order valence-corrected chi connectivity index (χ1v) is 8.11. The number of carbonyl (C=O) groups is 3. The fourth-order valence-electron chi connectivity index (χ4n) is 1.99. The lowest BCUT2D eigenvalue weighted by atomic mass is 10.1. The predicted molar refractivity (Wildman–Crippen MR) is 84.5 cm³/mol. The van der Waals surface area contributed by atoms with Gasteiger partial charge in [0.25, 0.3) is 11.8 Å². The van der Waals surface area contributed by atoms with Crippen molar-refractivity contribution < 1.29 is 19.2 Å². The van der Waals surface area contributed by atoms with Gasteiger partial charge in [0.15, 0.2) is 0 Å². The summed E-state index contributed by atoms with van der Waals surface area (Å²) in [5.41, 5.74) is 0.534. The van der Waals surface area contributed by atoms with E-state index in [0.29, 0.717) is 11.5 Å². The van der Waals surface area contributed by atoms with Crippen molar-refractivity contribution in [2.45, 2.75) is 38.4 Å². The van der Waals surface area contributed by atoms with Crippen LogP contribution in [0.1, 0.15) is 54.3 Å². The lowest BCUT2D eigenvalue weighted by Crippen LogP contribution is -2.32. The fraction of sp³-hybridized carbons (Fsp3) is 0.438. The molecule has 0 N–H and O–H groups in total. The normalized spacial score (nSPS) is 14.2. The maximum absolute atomic E-state index is 12.0. The minimum atomic E-state index is -0.585. The molecule has 1 heterocycles. The number of fused-ring (bicyclic) bond motifs is 1. The van der Waals surface area contributed by atoms with E-state index in [1.807, 2.05) is 0 Å². The number of rotatable bonds is 5. The number of amides is 2. The summed E-state index contributed by atoms with van der Waals surface area (Å²) in [7, 11) is 0. The van der Waals surface area contributed by atoms with Crippen molar-refractivity contribution in [2.24, 2.45) is 0 Å².